The molecule has 1 aromatic heterocycles. The van der Waals surface area contributed by atoms with E-state index in [1.54, 1.807) is 6.07 Å². The Hall–Kier alpha value is -2.56. The fourth-order valence-electron chi connectivity index (χ4n) is 3.38. The van der Waals surface area contributed by atoms with E-state index in [1.165, 1.54) is 18.5 Å². The van der Waals surface area contributed by atoms with Gasteiger partial charge in [0.2, 0.25) is 5.91 Å². The summed E-state index contributed by atoms with van der Waals surface area (Å²) in [5.41, 5.74) is 3.45. The molecule has 1 saturated carbocycles. The van der Waals surface area contributed by atoms with Crippen LogP contribution in [0.2, 0.25) is 0 Å². The first kappa shape index (κ1) is 22.7. The highest BCUT2D eigenvalue weighted by Gasteiger charge is 2.49. The third-order valence-electron chi connectivity index (χ3n) is 4.93. The number of aliphatic hydroxyl groups excluding tert-OH is 2. The van der Waals surface area contributed by atoms with Crippen LogP contribution >= 0.6 is 0 Å². The van der Waals surface area contributed by atoms with Gasteiger partial charge in [0.05, 0.1) is 17.7 Å². The minimum absolute atomic E-state index is 0.0627. The van der Waals surface area contributed by atoms with Crippen molar-refractivity contribution in [2.24, 2.45) is 11.7 Å². The zero-order valence-corrected chi connectivity index (χ0v) is 16.4. The number of aromatic nitrogens is 1. The van der Waals surface area contributed by atoms with Gasteiger partial charge in [0.1, 0.15) is 17.7 Å². The molecule has 10 heteroatoms. The first-order valence-corrected chi connectivity index (χ1v) is 9.43. The second-order valence-corrected chi connectivity index (χ2v) is 7.88. The van der Waals surface area contributed by atoms with Gasteiger partial charge >= 0.3 is 0 Å². The highest BCUT2D eigenvalue weighted by atomic mass is 16.3. The van der Waals surface area contributed by atoms with Crippen LogP contribution in [0.1, 0.15) is 43.5 Å². The van der Waals surface area contributed by atoms with Gasteiger partial charge in [-0.2, -0.15) is 0 Å². The summed E-state index contributed by atoms with van der Waals surface area (Å²) in [7, 11) is 0. The maximum atomic E-state index is 12.7. The van der Waals surface area contributed by atoms with Gasteiger partial charge < -0.3 is 31.7 Å². The van der Waals surface area contributed by atoms with Crippen LogP contribution in [-0.2, 0) is 9.59 Å². The second-order valence-electron chi connectivity index (χ2n) is 7.88. The normalized spacial score (nSPS) is 27.9. The van der Waals surface area contributed by atoms with Gasteiger partial charge in [-0.25, -0.2) is 0 Å². The van der Waals surface area contributed by atoms with E-state index in [0.29, 0.717) is 0 Å². The van der Waals surface area contributed by atoms with Crippen molar-refractivity contribution in [2.45, 2.75) is 63.0 Å². The van der Waals surface area contributed by atoms with Crippen LogP contribution in [0.3, 0.4) is 0 Å². The second kappa shape index (κ2) is 9.29. The van der Waals surface area contributed by atoms with Gasteiger partial charge in [-0.15, -0.1) is 0 Å². The summed E-state index contributed by atoms with van der Waals surface area (Å²) >= 11 is 0. The maximum Gasteiger partial charge on any atom is 0.253 e. The lowest BCUT2D eigenvalue weighted by Crippen LogP contribution is -2.64. The SMILES string of the molecule is CC(C)C[C@@H](NC(=O)[C@@]1(O)C[C@@H](O)[C@H](O)[C@@H](NC(=O)c2cccnc2)C1)C(N)=O. The third-order valence-corrected chi connectivity index (χ3v) is 4.93. The summed E-state index contributed by atoms with van der Waals surface area (Å²) in [5.74, 6) is -2.15. The van der Waals surface area contributed by atoms with E-state index in [4.69, 9.17) is 5.73 Å². The summed E-state index contributed by atoms with van der Waals surface area (Å²) in [6.45, 7) is 3.70. The molecule has 1 aliphatic rings. The minimum atomic E-state index is -2.10. The first-order chi connectivity index (χ1) is 13.5. The van der Waals surface area contributed by atoms with Crippen LogP contribution in [-0.4, -0.2) is 67.9 Å². The molecule has 5 atom stereocenters. The molecule has 0 aliphatic heterocycles. The van der Waals surface area contributed by atoms with E-state index >= 15 is 0 Å². The summed E-state index contributed by atoms with van der Waals surface area (Å²) in [6, 6.07) is 0.984. The number of carbonyl (C=O) groups excluding carboxylic acids is 3. The zero-order valence-electron chi connectivity index (χ0n) is 16.4. The van der Waals surface area contributed by atoms with Crippen LogP contribution in [0.4, 0.5) is 0 Å². The molecule has 0 unspecified atom stereocenters. The lowest BCUT2D eigenvalue weighted by Gasteiger charge is -2.41. The molecule has 0 radical (unpaired) electrons. The number of pyridine rings is 1. The Morgan fingerprint density at radius 2 is 2.00 bits per heavy atom. The zero-order chi connectivity index (χ0) is 21.8. The lowest BCUT2D eigenvalue weighted by atomic mass is 9.77. The fourth-order valence-corrected chi connectivity index (χ4v) is 3.38. The number of hydrogen-bond donors (Lipinski definition) is 6. The number of nitrogens with two attached hydrogens (primary N) is 1. The smallest absolute Gasteiger partial charge is 0.253 e. The molecule has 0 spiro atoms. The van der Waals surface area contributed by atoms with E-state index in [-0.39, 0.29) is 24.3 Å². The summed E-state index contributed by atoms with van der Waals surface area (Å²) in [5, 5.41) is 36.2. The van der Waals surface area contributed by atoms with Crippen LogP contribution < -0.4 is 16.4 Å². The van der Waals surface area contributed by atoms with Gasteiger partial charge in [0, 0.05) is 25.2 Å². The summed E-state index contributed by atoms with van der Waals surface area (Å²) < 4.78 is 0. The predicted molar refractivity (Wildman–Crippen MR) is 102 cm³/mol. The average Bonchev–Trinajstić information content (AvgIpc) is 2.65. The molecule has 3 amide bonds. The molecule has 1 heterocycles. The Bertz CT molecular complexity index is 743. The summed E-state index contributed by atoms with van der Waals surface area (Å²) in [6.07, 6.45) is -0.553. The van der Waals surface area contributed by atoms with Crippen molar-refractivity contribution in [1.82, 2.24) is 15.6 Å². The number of nitrogens with zero attached hydrogens (tertiary/aromatic N) is 1. The largest absolute Gasteiger partial charge is 0.390 e. The molecule has 0 bridgehead atoms. The Labute approximate surface area is 168 Å². The molecule has 1 aliphatic carbocycles. The lowest BCUT2D eigenvalue weighted by molar-refractivity contribution is -0.159. The predicted octanol–water partition coefficient (Wildman–Crippen LogP) is -1.56. The van der Waals surface area contributed by atoms with E-state index in [2.05, 4.69) is 15.6 Å². The molecular formula is C19H28N4O6. The number of aliphatic hydroxyl groups is 3. The van der Waals surface area contributed by atoms with Crippen molar-refractivity contribution < 1.29 is 29.7 Å². The van der Waals surface area contributed by atoms with Gasteiger partial charge in [-0.1, -0.05) is 13.8 Å². The minimum Gasteiger partial charge on any atom is -0.390 e. The molecule has 7 N–H and O–H groups in total. The molecule has 1 aromatic rings. The third kappa shape index (κ3) is 5.72. The number of nitrogens with one attached hydrogen (secondary N) is 2. The highest BCUT2D eigenvalue weighted by Crippen LogP contribution is 2.30. The van der Waals surface area contributed by atoms with E-state index in [1.807, 2.05) is 13.8 Å². The van der Waals surface area contributed by atoms with Gasteiger partial charge in [-0.3, -0.25) is 19.4 Å². The molecule has 29 heavy (non-hydrogen) atoms. The van der Waals surface area contributed by atoms with Crippen molar-refractivity contribution in [3.8, 4) is 0 Å². The van der Waals surface area contributed by atoms with Crippen molar-refractivity contribution in [3.63, 3.8) is 0 Å². The van der Waals surface area contributed by atoms with E-state index in [0.717, 1.165) is 0 Å². The van der Waals surface area contributed by atoms with Crippen LogP contribution in [0, 0.1) is 5.92 Å². The van der Waals surface area contributed by atoms with Crippen molar-refractivity contribution in [2.75, 3.05) is 0 Å². The molecule has 160 valence electrons. The summed E-state index contributed by atoms with van der Waals surface area (Å²) in [4.78, 5) is 40.5. The Balaban J connectivity index is 2.14. The number of primary amides is 1. The molecule has 0 aromatic carbocycles. The number of rotatable bonds is 7. The van der Waals surface area contributed by atoms with Crippen molar-refractivity contribution in [3.05, 3.63) is 30.1 Å². The molecule has 2 rings (SSSR count). The topological polar surface area (TPSA) is 175 Å². The van der Waals surface area contributed by atoms with Crippen LogP contribution in [0.25, 0.3) is 0 Å². The van der Waals surface area contributed by atoms with E-state index < -0.39 is 54.0 Å². The Morgan fingerprint density at radius 1 is 1.31 bits per heavy atom. The van der Waals surface area contributed by atoms with E-state index in [9.17, 15) is 29.7 Å². The molecule has 1 fully saturated rings. The standard InChI is InChI=1S/C19H28N4O6/c1-10(2)6-12(16(20)26)23-18(28)19(29)7-13(15(25)14(24)8-19)22-17(27)11-4-3-5-21-9-11/h3-5,9-10,12-15,24-25,29H,6-8H2,1-2H3,(H2,20,26)(H,22,27)(H,23,28)/t12-,13+,14-,15-,19+/m1/s1. The monoisotopic (exact) mass is 408 g/mol. The van der Waals surface area contributed by atoms with Gasteiger partial charge in [0.15, 0.2) is 0 Å². The average molecular weight is 408 g/mol. The fraction of sp³-hybridized carbons (Fsp3) is 0.579. The Morgan fingerprint density at radius 3 is 2.55 bits per heavy atom. The van der Waals surface area contributed by atoms with Crippen LogP contribution in [0.15, 0.2) is 24.5 Å². The van der Waals surface area contributed by atoms with Gasteiger partial charge in [-0.05, 0) is 24.5 Å². The number of amides is 3. The highest BCUT2D eigenvalue weighted by molar-refractivity contribution is 5.94. The maximum absolute atomic E-state index is 12.7. The van der Waals surface area contributed by atoms with Crippen molar-refractivity contribution >= 4 is 17.7 Å². The van der Waals surface area contributed by atoms with Gasteiger partial charge in [0.25, 0.3) is 11.8 Å². The molecule has 0 saturated heterocycles. The quantitative estimate of drug-likeness (QED) is 0.316. The Kier molecular flexibility index (Phi) is 7.28. The first-order valence-electron chi connectivity index (χ1n) is 9.43. The van der Waals surface area contributed by atoms with Crippen LogP contribution in [0.5, 0.6) is 0 Å². The van der Waals surface area contributed by atoms with Crippen molar-refractivity contribution in [1.29, 1.82) is 0 Å². The number of hydrogen-bond acceptors (Lipinski definition) is 7. The number of carbonyl (C=O) groups is 3. The molecular weight excluding hydrogens is 380 g/mol. The molecule has 10 nitrogen and oxygen atoms in total.